The number of aromatic nitrogens is 3. The molecule has 0 spiro atoms. The Morgan fingerprint density at radius 2 is 2.28 bits per heavy atom. The lowest BCUT2D eigenvalue weighted by molar-refractivity contribution is 0.0690. The zero-order valence-corrected chi connectivity index (χ0v) is 10.7. The van der Waals surface area contributed by atoms with E-state index in [0.717, 1.165) is 25.6 Å². The van der Waals surface area contributed by atoms with E-state index in [2.05, 4.69) is 22.1 Å². The van der Waals surface area contributed by atoms with E-state index in [1.165, 1.54) is 25.5 Å². The molecule has 1 aliphatic rings. The van der Waals surface area contributed by atoms with E-state index in [4.69, 9.17) is 5.11 Å². The number of hydrogen-bond donors (Lipinski definition) is 1. The van der Waals surface area contributed by atoms with E-state index in [0.29, 0.717) is 6.54 Å². The fourth-order valence-corrected chi connectivity index (χ4v) is 2.30. The van der Waals surface area contributed by atoms with Gasteiger partial charge in [-0.1, -0.05) is 12.1 Å². The standard InChI is InChI=1S/C12H20N4O2/c1-10-3-2-5-15(6-4-10)7-8-16-9-11(12(17)18)13-14-16/h9-10H,2-8H2,1H3,(H,17,18). The van der Waals surface area contributed by atoms with Crippen molar-refractivity contribution < 1.29 is 9.90 Å². The topological polar surface area (TPSA) is 71.2 Å². The summed E-state index contributed by atoms with van der Waals surface area (Å²) >= 11 is 0. The molecule has 2 rings (SSSR count). The van der Waals surface area contributed by atoms with Gasteiger partial charge in [0.1, 0.15) is 0 Å². The van der Waals surface area contributed by atoms with Gasteiger partial charge in [0, 0.05) is 6.54 Å². The smallest absolute Gasteiger partial charge is 0.358 e. The molecule has 0 saturated carbocycles. The molecule has 2 heterocycles. The van der Waals surface area contributed by atoms with Gasteiger partial charge in [-0.25, -0.2) is 4.79 Å². The minimum Gasteiger partial charge on any atom is -0.476 e. The van der Waals surface area contributed by atoms with Crippen molar-refractivity contribution in [2.24, 2.45) is 5.92 Å². The molecule has 6 nitrogen and oxygen atoms in total. The van der Waals surface area contributed by atoms with Crippen molar-refractivity contribution >= 4 is 5.97 Å². The third kappa shape index (κ3) is 3.53. The zero-order valence-electron chi connectivity index (χ0n) is 10.7. The van der Waals surface area contributed by atoms with E-state index in [9.17, 15) is 4.79 Å². The number of rotatable bonds is 4. The van der Waals surface area contributed by atoms with Crippen LogP contribution in [0, 0.1) is 5.92 Å². The maximum absolute atomic E-state index is 10.7. The molecule has 1 aromatic rings. The van der Waals surface area contributed by atoms with Crippen LogP contribution in [0.5, 0.6) is 0 Å². The molecular formula is C12H20N4O2. The molecule has 1 unspecified atom stereocenters. The summed E-state index contributed by atoms with van der Waals surface area (Å²) in [6.07, 6.45) is 5.29. The molecule has 1 atom stereocenters. The van der Waals surface area contributed by atoms with Crippen molar-refractivity contribution in [3.8, 4) is 0 Å². The Bertz CT molecular complexity index is 405. The number of nitrogens with zero attached hydrogens (tertiary/aromatic N) is 4. The van der Waals surface area contributed by atoms with Crippen molar-refractivity contribution in [3.05, 3.63) is 11.9 Å². The van der Waals surface area contributed by atoms with Gasteiger partial charge < -0.3 is 10.0 Å². The first-order valence-corrected chi connectivity index (χ1v) is 6.51. The van der Waals surface area contributed by atoms with Crippen LogP contribution >= 0.6 is 0 Å². The Hall–Kier alpha value is -1.43. The Balaban J connectivity index is 1.81. The number of carboxylic acids is 1. The molecule has 0 radical (unpaired) electrons. The van der Waals surface area contributed by atoms with Gasteiger partial charge in [-0.2, -0.15) is 0 Å². The highest BCUT2D eigenvalue weighted by Crippen LogP contribution is 2.16. The number of carbonyl (C=O) groups is 1. The summed E-state index contributed by atoms with van der Waals surface area (Å²) in [5.41, 5.74) is 0.0134. The fourth-order valence-electron chi connectivity index (χ4n) is 2.30. The molecule has 1 saturated heterocycles. The second-order valence-electron chi connectivity index (χ2n) is 5.05. The SMILES string of the molecule is CC1CCCN(CCn2cc(C(=O)O)nn2)CC1. The molecule has 1 fully saturated rings. The first-order chi connectivity index (χ1) is 8.65. The third-order valence-corrected chi connectivity index (χ3v) is 3.51. The highest BCUT2D eigenvalue weighted by molar-refractivity contribution is 5.84. The summed E-state index contributed by atoms with van der Waals surface area (Å²) in [6, 6.07) is 0. The number of likely N-dealkylation sites (tertiary alicyclic amines) is 1. The van der Waals surface area contributed by atoms with E-state index in [1.807, 2.05) is 0 Å². The van der Waals surface area contributed by atoms with Gasteiger partial charge in [-0.3, -0.25) is 4.68 Å². The molecule has 1 aliphatic heterocycles. The summed E-state index contributed by atoms with van der Waals surface area (Å²) < 4.78 is 1.61. The van der Waals surface area contributed by atoms with E-state index in [1.54, 1.807) is 4.68 Å². The Morgan fingerprint density at radius 3 is 3.00 bits per heavy atom. The maximum Gasteiger partial charge on any atom is 0.358 e. The molecule has 0 aromatic carbocycles. The summed E-state index contributed by atoms with van der Waals surface area (Å²) in [6.45, 7) is 6.18. The van der Waals surface area contributed by atoms with Crippen LogP contribution in [-0.4, -0.2) is 50.6 Å². The normalized spacial score (nSPS) is 21.7. The van der Waals surface area contributed by atoms with Gasteiger partial charge in [0.25, 0.3) is 0 Å². The molecule has 0 aliphatic carbocycles. The summed E-state index contributed by atoms with van der Waals surface area (Å²) in [7, 11) is 0. The van der Waals surface area contributed by atoms with E-state index < -0.39 is 5.97 Å². The second-order valence-corrected chi connectivity index (χ2v) is 5.05. The van der Waals surface area contributed by atoms with Crippen molar-refractivity contribution in [2.45, 2.75) is 32.7 Å². The van der Waals surface area contributed by atoms with Crippen LogP contribution in [-0.2, 0) is 6.54 Å². The number of hydrogen-bond acceptors (Lipinski definition) is 4. The van der Waals surface area contributed by atoms with Gasteiger partial charge in [-0.05, 0) is 38.3 Å². The third-order valence-electron chi connectivity index (χ3n) is 3.51. The fraction of sp³-hybridized carbons (Fsp3) is 0.750. The summed E-state index contributed by atoms with van der Waals surface area (Å²) in [5, 5.41) is 16.2. The minimum absolute atomic E-state index is 0.0134. The van der Waals surface area contributed by atoms with Gasteiger partial charge >= 0.3 is 5.97 Å². The molecule has 0 amide bonds. The van der Waals surface area contributed by atoms with Crippen LogP contribution in [0.3, 0.4) is 0 Å². The van der Waals surface area contributed by atoms with Crippen LogP contribution < -0.4 is 0 Å². The summed E-state index contributed by atoms with van der Waals surface area (Å²) in [5.74, 6) is -0.204. The molecule has 0 bridgehead atoms. The number of carboxylic acid groups (broad SMARTS) is 1. The minimum atomic E-state index is -1.02. The predicted molar refractivity (Wildman–Crippen MR) is 66.4 cm³/mol. The Kier molecular flexibility index (Phi) is 4.30. The molecule has 6 heteroatoms. The van der Waals surface area contributed by atoms with Crippen molar-refractivity contribution in [1.29, 1.82) is 0 Å². The van der Waals surface area contributed by atoms with Crippen LogP contribution in [0.4, 0.5) is 0 Å². The first-order valence-electron chi connectivity index (χ1n) is 6.51. The lowest BCUT2D eigenvalue weighted by Gasteiger charge is -2.19. The molecular weight excluding hydrogens is 232 g/mol. The van der Waals surface area contributed by atoms with Crippen molar-refractivity contribution in [1.82, 2.24) is 19.9 Å². The van der Waals surface area contributed by atoms with Gasteiger partial charge in [0.05, 0.1) is 12.7 Å². The Labute approximate surface area is 107 Å². The maximum atomic E-state index is 10.7. The monoisotopic (exact) mass is 252 g/mol. The molecule has 18 heavy (non-hydrogen) atoms. The molecule has 1 aromatic heterocycles. The first kappa shape index (κ1) is 13.0. The highest BCUT2D eigenvalue weighted by atomic mass is 16.4. The highest BCUT2D eigenvalue weighted by Gasteiger charge is 2.14. The van der Waals surface area contributed by atoms with Gasteiger partial charge in [0.15, 0.2) is 5.69 Å². The molecule has 1 N–H and O–H groups in total. The number of aromatic carboxylic acids is 1. The average Bonchev–Trinajstić information content (AvgIpc) is 2.72. The van der Waals surface area contributed by atoms with Crippen LogP contribution in [0.25, 0.3) is 0 Å². The van der Waals surface area contributed by atoms with Crippen LogP contribution in [0.1, 0.15) is 36.7 Å². The van der Waals surface area contributed by atoms with Crippen molar-refractivity contribution in [2.75, 3.05) is 19.6 Å². The van der Waals surface area contributed by atoms with Gasteiger partial charge in [-0.15, -0.1) is 5.10 Å². The Morgan fingerprint density at radius 1 is 1.44 bits per heavy atom. The van der Waals surface area contributed by atoms with E-state index in [-0.39, 0.29) is 5.69 Å². The predicted octanol–water partition coefficient (Wildman–Crippen LogP) is 1.10. The van der Waals surface area contributed by atoms with Crippen molar-refractivity contribution in [3.63, 3.8) is 0 Å². The lowest BCUT2D eigenvalue weighted by atomic mass is 10.0. The lowest BCUT2D eigenvalue weighted by Crippen LogP contribution is -2.28. The van der Waals surface area contributed by atoms with E-state index >= 15 is 0 Å². The van der Waals surface area contributed by atoms with Crippen LogP contribution in [0.15, 0.2) is 6.20 Å². The quantitative estimate of drug-likeness (QED) is 0.868. The summed E-state index contributed by atoms with van der Waals surface area (Å²) in [4.78, 5) is 13.1. The largest absolute Gasteiger partial charge is 0.476 e. The zero-order chi connectivity index (χ0) is 13.0. The van der Waals surface area contributed by atoms with Crippen LogP contribution in [0.2, 0.25) is 0 Å². The van der Waals surface area contributed by atoms with Gasteiger partial charge in [0.2, 0.25) is 0 Å². The second kappa shape index (κ2) is 5.95. The average molecular weight is 252 g/mol. The molecule has 100 valence electrons.